The van der Waals surface area contributed by atoms with Gasteiger partial charge in [-0.15, -0.1) is 0 Å². The lowest BCUT2D eigenvalue weighted by molar-refractivity contribution is -0.128. The standard InChI is InChI=1S/C12H19N3O/c1-3-14-9-11(8-13)12(16)15-6-4-10(2)5-7-15/h9-10,14H,3-7H2,1-2H3/b11-9-. The number of nitrogens with one attached hydrogen (secondary N) is 1. The van der Waals surface area contributed by atoms with Gasteiger partial charge >= 0.3 is 0 Å². The first kappa shape index (κ1) is 12.6. The molecule has 0 bridgehead atoms. The minimum Gasteiger partial charge on any atom is -0.390 e. The fourth-order valence-corrected chi connectivity index (χ4v) is 1.73. The Bertz CT molecular complexity index is 309. The highest BCUT2D eigenvalue weighted by atomic mass is 16.2. The molecule has 0 unspecified atom stereocenters. The second-order valence-electron chi connectivity index (χ2n) is 4.20. The summed E-state index contributed by atoms with van der Waals surface area (Å²) < 4.78 is 0. The third kappa shape index (κ3) is 3.27. The molecule has 1 aliphatic rings. The second kappa shape index (κ2) is 6.16. The number of piperidine rings is 1. The van der Waals surface area contributed by atoms with Crippen LogP contribution in [0, 0.1) is 17.2 Å². The van der Waals surface area contributed by atoms with Gasteiger partial charge in [0.05, 0.1) is 0 Å². The molecule has 0 saturated carbocycles. The fraction of sp³-hybridized carbons (Fsp3) is 0.667. The molecule has 0 atom stereocenters. The lowest BCUT2D eigenvalue weighted by atomic mass is 9.99. The van der Waals surface area contributed by atoms with Gasteiger partial charge in [-0.3, -0.25) is 4.79 Å². The van der Waals surface area contributed by atoms with Crippen LogP contribution in [0.4, 0.5) is 0 Å². The summed E-state index contributed by atoms with van der Waals surface area (Å²) >= 11 is 0. The Balaban J connectivity index is 2.59. The molecule has 0 radical (unpaired) electrons. The molecular formula is C12H19N3O. The molecule has 0 spiro atoms. The summed E-state index contributed by atoms with van der Waals surface area (Å²) in [4.78, 5) is 13.7. The van der Waals surface area contributed by atoms with Crippen LogP contribution >= 0.6 is 0 Å². The van der Waals surface area contributed by atoms with Gasteiger partial charge in [0.2, 0.25) is 0 Å². The molecule has 1 amide bonds. The Hall–Kier alpha value is -1.50. The van der Waals surface area contributed by atoms with Crippen LogP contribution in [0.1, 0.15) is 26.7 Å². The molecule has 1 N–H and O–H groups in total. The van der Waals surface area contributed by atoms with Gasteiger partial charge in [0, 0.05) is 25.8 Å². The van der Waals surface area contributed by atoms with Crippen LogP contribution in [0.3, 0.4) is 0 Å². The number of amides is 1. The van der Waals surface area contributed by atoms with E-state index in [0.29, 0.717) is 5.92 Å². The molecule has 1 fully saturated rings. The summed E-state index contributed by atoms with van der Waals surface area (Å²) in [7, 11) is 0. The summed E-state index contributed by atoms with van der Waals surface area (Å²) in [6.07, 6.45) is 3.58. The third-order valence-electron chi connectivity index (χ3n) is 2.87. The van der Waals surface area contributed by atoms with E-state index in [4.69, 9.17) is 5.26 Å². The van der Waals surface area contributed by atoms with Gasteiger partial charge in [-0.25, -0.2) is 0 Å². The molecule has 1 saturated heterocycles. The number of carbonyl (C=O) groups excluding carboxylic acids is 1. The van der Waals surface area contributed by atoms with Crippen molar-refractivity contribution in [3.05, 3.63) is 11.8 Å². The van der Waals surface area contributed by atoms with Crippen LogP contribution in [0.5, 0.6) is 0 Å². The molecule has 4 nitrogen and oxygen atoms in total. The molecule has 16 heavy (non-hydrogen) atoms. The lowest BCUT2D eigenvalue weighted by Crippen LogP contribution is -2.38. The number of hydrogen-bond donors (Lipinski definition) is 1. The van der Waals surface area contributed by atoms with E-state index < -0.39 is 0 Å². The van der Waals surface area contributed by atoms with E-state index in [1.165, 1.54) is 6.20 Å². The van der Waals surface area contributed by atoms with E-state index in [9.17, 15) is 4.79 Å². The van der Waals surface area contributed by atoms with Gasteiger partial charge in [-0.05, 0) is 25.7 Å². The van der Waals surface area contributed by atoms with Crippen LogP contribution < -0.4 is 5.32 Å². The molecule has 4 heteroatoms. The van der Waals surface area contributed by atoms with Crippen LogP contribution in [-0.2, 0) is 4.79 Å². The number of likely N-dealkylation sites (tertiary alicyclic amines) is 1. The largest absolute Gasteiger partial charge is 0.390 e. The van der Waals surface area contributed by atoms with Crippen LogP contribution in [-0.4, -0.2) is 30.4 Å². The zero-order chi connectivity index (χ0) is 12.0. The Morgan fingerprint density at radius 3 is 2.69 bits per heavy atom. The van der Waals surface area contributed by atoms with Gasteiger partial charge in [0.15, 0.2) is 0 Å². The molecule has 0 aromatic rings. The number of nitriles is 1. The number of nitrogens with zero attached hydrogens (tertiary/aromatic N) is 2. The van der Waals surface area contributed by atoms with Crippen molar-refractivity contribution in [1.82, 2.24) is 10.2 Å². The smallest absolute Gasteiger partial charge is 0.265 e. The van der Waals surface area contributed by atoms with Crippen molar-refractivity contribution >= 4 is 5.91 Å². The molecule has 0 aromatic heterocycles. The second-order valence-corrected chi connectivity index (χ2v) is 4.20. The molecule has 0 aromatic carbocycles. The summed E-state index contributed by atoms with van der Waals surface area (Å²) in [5.41, 5.74) is 0.205. The van der Waals surface area contributed by atoms with E-state index in [1.807, 2.05) is 13.0 Å². The minimum atomic E-state index is -0.143. The van der Waals surface area contributed by atoms with Crippen LogP contribution in [0.15, 0.2) is 11.8 Å². The van der Waals surface area contributed by atoms with Crippen molar-refractivity contribution in [3.8, 4) is 6.07 Å². The quantitative estimate of drug-likeness (QED) is 0.576. The maximum Gasteiger partial charge on any atom is 0.265 e. The highest BCUT2D eigenvalue weighted by Gasteiger charge is 2.22. The molecule has 1 heterocycles. The first-order chi connectivity index (χ1) is 7.69. The molecule has 1 aliphatic heterocycles. The minimum absolute atomic E-state index is 0.143. The van der Waals surface area contributed by atoms with Gasteiger partial charge in [0.25, 0.3) is 5.91 Å². The topological polar surface area (TPSA) is 56.1 Å². The van der Waals surface area contributed by atoms with Gasteiger partial charge in [-0.1, -0.05) is 6.92 Å². The van der Waals surface area contributed by atoms with Gasteiger partial charge < -0.3 is 10.2 Å². The summed E-state index contributed by atoms with van der Waals surface area (Å²) in [6, 6.07) is 1.95. The molecule has 88 valence electrons. The van der Waals surface area contributed by atoms with Crippen LogP contribution in [0.2, 0.25) is 0 Å². The van der Waals surface area contributed by atoms with Crippen molar-refractivity contribution in [3.63, 3.8) is 0 Å². The lowest BCUT2D eigenvalue weighted by Gasteiger charge is -2.30. The maximum absolute atomic E-state index is 11.9. The van der Waals surface area contributed by atoms with Crippen LogP contribution in [0.25, 0.3) is 0 Å². The average molecular weight is 221 g/mol. The van der Waals surface area contributed by atoms with Gasteiger partial charge in [0.1, 0.15) is 11.6 Å². The molecule has 1 rings (SSSR count). The Kier molecular flexibility index (Phi) is 4.84. The third-order valence-corrected chi connectivity index (χ3v) is 2.87. The number of carbonyl (C=O) groups is 1. The summed E-state index contributed by atoms with van der Waals surface area (Å²) in [5.74, 6) is 0.544. The van der Waals surface area contributed by atoms with E-state index in [1.54, 1.807) is 4.90 Å². The predicted octanol–water partition coefficient (Wildman–Crippen LogP) is 1.26. The maximum atomic E-state index is 11.9. The summed E-state index contributed by atoms with van der Waals surface area (Å²) in [5, 5.41) is 11.8. The van der Waals surface area contributed by atoms with Crippen molar-refractivity contribution < 1.29 is 4.79 Å². The Morgan fingerprint density at radius 1 is 1.56 bits per heavy atom. The Morgan fingerprint density at radius 2 is 2.19 bits per heavy atom. The average Bonchev–Trinajstić information content (AvgIpc) is 2.30. The normalized spacial score (nSPS) is 18.1. The fourth-order valence-electron chi connectivity index (χ4n) is 1.73. The zero-order valence-electron chi connectivity index (χ0n) is 9.99. The van der Waals surface area contributed by atoms with E-state index in [2.05, 4.69) is 12.2 Å². The number of rotatable bonds is 3. The van der Waals surface area contributed by atoms with Crippen molar-refractivity contribution in [2.24, 2.45) is 5.92 Å². The predicted molar refractivity (Wildman–Crippen MR) is 62.4 cm³/mol. The molecular weight excluding hydrogens is 202 g/mol. The zero-order valence-corrected chi connectivity index (χ0v) is 9.99. The van der Waals surface area contributed by atoms with E-state index in [-0.39, 0.29) is 11.5 Å². The van der Waals surface area contributed by atoms with Crippen molar-refractivity contribution in [2.45, 2.75) is 26.7 Å². The monoisotopic (exact) mass is 221 g/mol. The first-order valence-electron chi connectivity index (χ1n) is 5.82. The van der Waals surface area contributed by atoms with Crippen molar-refractivity contribution in [2.75, 3.05) is 19.6 Å². The van der Waals surface area contributed by atoms with Crippen molar-refractivity contribution in [1.29, 1.82) is 5.26 Å². The van der Waals surface area contributed by atoms with E-state index >= 15 is 0 Å². The summed E-state index contributed by atoms with van der Waals surface area (Å²) in [6.45, 7) is 6.38. The highest BCUT2D eigenvalue weighted by molar-refractivity contribution is 5.97. The van der Waals surface area contributed by atoms with Gasteiger partial charge in [-0.2, -0.15) is 5.26 Å². The SMILES string of the molecule is CCN/C=C(/C#N)C(=O)N1CCC(C)CC1. The Labute approximate surface area is 96.9 Å². The first-order valence-corrected chi connectivity index (χ1v) is 5.82. The number of hydrogen-bond acceptors (Lipinski definition) is 3. The van der Waals surface area contributed by atoms with E-state index in [0.717, 1.165) is 32.5 Å². The molecule has 0 aliphatic carbocycles. The highest BCUT2D eigenvalue weighted by Crippen LogP contribution is 2.17.